The molecule has 2 aromatic heterocycles. The van der Waals surface area contributed by atoms with E-state index in [1.807, 2.05) is 45.9 Å². The Morgan fingerprint density at radius 3 is 2.40 bits per heavy atom. The zero-order chi connectivity index (χ0) is 21.7. The van der Waals surface area contributed by atoms with Crippen LogP contribution in [0.5, 0.6) is 5.75 Å². The number of aromatic nitrogens is 3. The number of anilines is 1. The first-order chi connectivity index (χ1) is 14.5. The van der Waals surface area contributed by atoms with Crippen molar-refractivity contribution in [2.75, 3.05) is 25.1 Å². The van der Waals surface area contributed by atoms with Crippen LogP contribution >= 0.6 is 0 Å². The van der Waals surface area contributed by atoms with Gasteiger partial charge in [-0.3, -0.25) is 0 Å². The Morgan fingerprint density at radius 1 is 1.07 bits per heavy atom. The van der Waals surface area contributed by atoms with Gasteiger partial charge in [0.15, 0.2) is 0 Å². The Balaban J connectivity index is 1.88. The number of aryl methyl sites for hydroxylation is 3. The lowest BCUT2D eigenvalue weighted by Gasteiger charge is -2.16. The van der Waals surface area contributed by atoms with Crippen LogP contribution in [0.1, 0.15) is 30.5 Å². The van der Waals surface area contributed by atoms with Crippen molar-refractivity contribution in [1.29, 1.82) is 0 Å². The third-order valence-corrected chi connectivity index (χ3v) is 4.70. The SMILES string of the molecule is CCNc1ncc(-c2nnc(-c3cc(C)c(OC[C@@H](O)CO)c(CC)c3)o2)cc1C. The van der Waals surface area contributed by atoms with Gasteiger partial charge >= 0.3 is 0 Å². The van der Waals surface area contributed by atoms with Crippen LogP contribution in [-0.2, 0) is 6.42 Å². The summed E-state index contributed by atoms with van der Waals surface area (Å²) in [6.07, 6.45) is 1.53. The van der Waals surface area contributed by atoms with Crippen molar-refractivity contribution in [3.63, 3.8) is 0 Å². The van der Waals surface area contributed by atoms with E-state index in [9.17, 15) is 5.11 Å². The molecule has 3 aromatic rings. The van der Waals surface area contributed by atoms with Crippen LogP contribution in [-0.4, -0.2) is 51.3 Å². The maximum absolute atomic E-state index is 9.57. The van der Waals surface area contributed by atoms with Crippen LogP contribution < -0.4 is 10.1 Å². The Morgan fingerprint density at radius 2 is 1.77 bits per heavy atom. The largest absolute Gasteiger partial charge is 0.490 e. The number of hydrogen-bond acceptors (Lipinski definition) is 8. The number of pyridine rings is 1. The third-order valence-electron chi connectivity index (χ3n) is 4.70. The van der Waals surface area contributed by atoms with Gasteiger partial charge in [-0.15, -0.1) is 10.2 Å². The van der Waals surface area contributed by atoms with Crippen molar-refractivity contribution in [1.82, 2.24) is 15.2 Å². The monoisotopic (exact) mass is 412 g/mol. The first-order valence-electron chi connectivity index (χ1n) is 10.1. The second-order valence-electron chi connectivity index (χ2n) is 7.11. The van der Waals surface area contributed by atoms with Crippen LogP contribution in [0.2, 0.25) is 0 Å². The summed E-state index contributed by atoms with van der Waals surface area (Å²) >= 11 is 0. The van der Waals surface area contributed by atoms with E-state index in [0.717, 1.165) is 46.6 Å². The number of nitrogens with zero attached hydrogens (tertiary/aromatic N) is 3. The highest BCUT2D eigenvalue weighted by Crippen LogP contribution is 2.32. The minimum absolute atomic E-state index is 0.0314. The molecular weight excluding hydrogens is 384 g/mol. The Labute approximate surface area is 176 Å². The van der Waals surface area contributed by atoms with Crippen LogP contribution in [0, 0.1) is 13.8 Å². The fourth-order valence-corrected chi connectivity index (χ4v) is 3.17. The average molecular weight is 412 g/mol. The van der Waals surface area contributed by atoms with Gasteiger partial charge < -0.3 is 24.7 Å². The van der Waals surface area contributed by atoms with E-state index in [1.165, 1.54) is 0 Å². The predicted molar refractivity (Wildman–Crippen MR) is 115 cm³/mol. The summed E-state index contributed by atoms with van der Waals surface area (Å²) in [5, 5.41) is 30.2. The molecule has 0 unspecified atom stereocenters. The maximum atomic E-state index is 9.57. The summed E-state index contributed by atoms with van der Waals surface area (Å²) in [6, 6.07) is 5.83. The van der Waals surface area contributed by atoms with Crippen molar-refractivity contribution in [2.24, 2.45) is 0 Å². The molecule has 0 radical (unpaired) electrons. The highest BCUT2D eigenvalue weighted by molar-refractivity contribution is 5.63. The van der Waals surface area contributed by atoms with Gasteiger partial charge in [-0.25, -0.2) is 4.98 Å². The molecule has 0 spiro atoms. The van der Waals surface area contributed by atoms with Gasteiger partial charge in [0.25, 0.3) is 0 Å². The molecule has 0 saturated heterocycles. The topological polar surface area (TPSA) is 114 Å². The van der Waals surface area contributed by atoms with Crippen LogP contribution in [0.25, 0.3) is 22.9 Å². The number of rotatable bonds is 9. The van der Waals surface area contributed by atoms with Gasteiger partial charge in [-0.2, -0.15) is 0 Å². The molecule has 0 aliphatic carbocycles. The molecule has 3 N–H and O–H groups in total. The number of nitrogens with one attached hydrogen (secondary N) is 1. The average Bonchev–Trinajstić information content (AvgIpc) is 3.24. The molecule has 2 heterocycles. The van der Waals surface area contributed by atoms with E-state index in [-0.39, 0.29) is 13.2 Å². The molecular formula is C22H28N4O4. The molecule has 0 amide bonds. The first-order valence-corrected chi connectivity index (χ1v) is 10.1. The molecule has 0 aliphatic rings. The zero-order valence-corrected chi connectivity index (χ0v) is 17.8. The highest BCUT2D eigenvalue weighted by Gasteiger charge is 2.16. The molecule has 3 rings (SSSR count). The number of hydrogen-bond donors (Lipinski definition) is 3. The standard InChI is InChI=1S/C22H28N4O4/c1-5-15-9-16(7-13(3)19(15)29-12-18(28)11-27)21-25-26-22(30-21)17-8-14(4)20(23-6-2)24-10-17/h7-10,18,27-28H,5-6,11-12H2,1-4H3,(H,23,24)/t18-/m0/s1. The molecule has 1 atom stereocenters. The van der Waals surface area contributed by atoms with Crippen LogP contribution in [0.3, 0.4) is 0 Å². The molecule has 1 aromatic carbocycles. The number of ether oxygens (including phenoxy) is 1. The lowest BCUT2D eigenvalue weighted by atomic mass is 10.0. The van der Waals surface area contributed by atoms with Crippen molar-refractivity contribution >= 4 is 5.82 Å². The molecule has 0 fully saturated rings. The summed E-state index contributed by atoms with van der Waals surface area (Å²) in [4.78, 5) is 4.43. The summed E-state index contributed by atoms with van der Waals surface area (Å²) in [6.45, 7) is 8.44. The van der Waals surface area contributed by atoms with Crippen LogP contribution in [0.4, 0.5) is 5.82 Å². The number of aliphatic hydroxyl groups is 2. The highest BCUT2D eigenvalue weighted by atomic mass is 16.5. The van der Waals surface area contributed by atoms with Crippen molar-refractivity contribution in [3.8, 4) is 28.7 Å². The first kappa shape index (κ1) is 21.7. The smallest absolute Gasteiger partial charge is 0.249 e. The van der Waals surface area contributed by atoms with E-state index in [4.69, 9.17) is 14.3 Å². The van der Waals surface area contributed by atoms with Gasteiger partial charge in [0.05, 0.1) is 12.2 Å². The summed E-state index contributed by atoms with van der Waals surface area (Å²) < 4.78 is 11.7. The third kappa shape index (κ3) is 4.77. The van der Waals surface area contributed by atoms with E-state index in [0.29, 0.717) is 17.5 Å². The van der Waals surface area contributed by atoms with E-state index in [2.05, 4.69) is 20.5 Å². The lowest BCUT2D eigenvalue weighted by molar-refractivity contribution is 0.0531. The fourth-order valence-electron chi connectivity index (χ4n) is 3.17. The van der Waals surface area contributed by atoms with Crippen molar-refractivity contribution < 1.29 is 19.4 Å². The lowest BCUT2D eigenvalue weighted by Crippen LogP contribution is -2.22. The predicted octanol–water partition coefficient (Wildman–Crippen LogP) is 3.14. The summed E-state index contributed by atoms with van der Waals surface area (Å²) in [5.41, 5.74) is 4.42. The van der Waals surface area contributed by atoms with Crippen LogP contribution in [0.15, 0.2) is 28.8 Å². The quantitative estimate of drug-likeness (QED) is 0.491. The molecule has 160 valence electrons. The Hall–Kier alpha value is -2.97. The van der Waals surface area contributed by atoms with Gasteiger partial charge in [-0.05, 0) is 62.1 Å². The summed E-state index contributed by atoms with van der Waals surface area (Å²) in [5.74, 6) is 2.36. The fraction of sp³-hybridized carbons (Fsp3) is 0.409. The van der Waals surface area contributed by atoms with Gasteiger partial charge in [0.2, 0.25) is 11.8 Å². The molecule has 0 saturated carbocycles. The zero-order valence-electron chi connectivity index (χ0n) is 17.8. The van der Waals surface area contributed by atoms with Gasteiger partial charge in [-0.1, -0.05) is 6.92 Å². The Bertz CT molecular complexity index is 1000. The molecule has 0 aliphatic heterocycles. The maximum Gasteiger partial charge on any atom is 0.249 e. The van der Waals surface area contributed by atoms with E-state index >= 15 is 0 Å². The number of benzene rings is 1. The normalized spacial score (nSPS) is 12.1. The van der Waals surface area contributed by atoms with E-state index < -0.39 is 6.10 Å². The minimum atomic E-state index is -0.914. The van der Waals surface area contributed by atoms with Crippen molar-refractivity contribution in [2.45, 2.75) is 40.2 Å². The Kier molecular flexibility index (Phi) is 7.02. The van der Waals surface area contributed by atoms with E-state index in [1.54, 1.807) is 6.20 Å². The summed E-state index contributed by atoms with van der Waals surface area (Å²) in [7, 11) is 0. The molecule has 8 heteroatoms. The minimum Gasteiger partial charge on any atom is -0.490 e. The second-order valence-corrected chi connectivity index (χ2v) is 7.11. The van der Waals surface area contributed by atoms with Gasteiger partial charge in [0.1, 0.15) is 24.3 Å². The second kappa shape index (κ2) is 9.69. The molecule has 8 nitrogen and oxygen atoms in total. The van der Waals surface area contributed by atoms with Crippen molar-refractivity contribution in [3.05, 3.63) is 41.1 Å². The van der Waals surface area contributed by atoms with Gasteiger partial charge in [0, 0.05) is 18.3 Å². The number of aliphatic hydroxyl groups excluding tert-OH is 2. The molecule has 30 heavy (non-hydrogen) atoms. The molecule has 0 bridgehead atoms.